The van der Waals surface area contributed by atoms with E-state index in [2.05, 4.69) is 10.3 Å². The van der Waals surface area contributed by atoms with Gasteiger partial charge in [0.25, 0.3) is 5.78 Å². The van der Waals surface area contributed by atoms with E-state index in [4.69, 9.17) is 4.74 Å². The molecule has 3 rings (SSSR count). The number of aromatic nitrogens is 3. The Kier molecular flexibility index (Phi) is 3.15. The van der Waals surface area contributed by atoms with E-state index in [0.29, 0.717) is 13.2 Å². The summed E-state index contributed by atoms with van der Waals surface area (Å²) in [6.07, 6.45) is -3.93. The van der Waals surface area contributed by atoms with Gasteiger partial charge in [0.15, 0.2) is 5.69 Å². The zero-order valence-corrected chi connectivity index (χ0v) is 10.7. The molecule has 110 valence electrons. The molecule has 0 amide bonds. The van der Waals surface area contributed by atoms with Crippen LogP contribution in [0.2, 0.25) is 0 Å². The highest BCUT2D eigenvalue weighted by atomic mass is 19.4. The molecule has 0 spiro atoms. The van der Waals surface area contributed by atoms with Gasteiger partial charge >= 0.3 is 6.18 Å². The molecule has 1 aliphatic heterocycles. The van der Waals surface area contributed by atoms with Crippen molar-refractivity contribution in [2.45, 2.75) is 18.6 Å². The summed E-state index contributed by atoms with van der Waals surface area (Å²) >= 11 is 0. The number of benzene rings is 1. The van der Waals surface area contributed by atoms with Gasteiger partial charge in [-0.05, 0) is 6.07 Å². The van der Waals surface area contributed by atoms with Crippen LogP contribution in [0.4, 0.5) is 13.2 Å². The smallest absolute Gasteiger partial charge is 0.456 e. The van der Waals surface area contributed by atoms with Crippen molar-refractivity contribution in [3.8, 4) is 5.75 Å². The average Bonchev–Trinajstić information content (AvgIpc) is 3.05. The van der Waals surface area contributed by atoms with Crippen molar-refractivity contribution in [2.24, 2.45) is 0 Å². The average molecular weight is 297 g/mol. The van der Waals surface area contributed by atoms with Crippen LogP contribution in [-0.2, 0) is 6.54 Å². The van der Waals surface area contributed by atoms with E-state index in [1.807, 2.05) is 24.3 Å². The summed E-state index contributed by atoms with van der Waals surface area (Å²) in [5.74, 6) is -1.26. The van der Waals surface area contributed by atoms with E-state index in [-0.39, 0.29) is 5.92 Å². The van der Waals surface area contributed by atoms with Crippen LogP contribution in [0.5, 0.6) is 5.75 Å². The lowest BCUT2D eigenvalue weighted by atomic mass is 10.0. The van der Waals surface area contributed by atoms with Crippen LogP contribution in [0.3, 0.4) is 0 Å². The van der Waals surface area contributed by atoms with E-state index in [9.17, 15) is 18.0 Å². The Balaban J connectivity index is 1.76. The molecule has 0 aliphatic carbocycles. The molecule has 2 heterocycles. The quantitative estimate of drug-likeness (QED) is 0.815. The van der Waals surface area contributed by atoms with Crippen molar-refractivity contribution in [2.75, 3.05) is 6.61 Å². The highest BCUT2D eigenvalue weighted by Crippen LogP contribution is 2.34. The van der Waals surface area contributed by atoms with E-state index >= 15 is 0 Å². The van der Waals surface area contributed by atoms with E-state index in [0.717, 1.165) is 17.5 Å². The molecule has 0 fully saturated rings. The normalized spacial score (nSPS) is 17.4. The third-order valence-corrected chi connectivity index (χ3v) is 3.24. The van der Waals surface area contributed by atoms with Gasteiger partial charge in [0.05, 0.1) is 19.3 Å². The first-order chi connectivity index (χ1) is 9.95. The van der Waals surface area contributed by atoms with Gasteiger partial charge in [0.1, 0.15) is 5.75 Å². The van der Waals surface area contributed by atoms with Gasteiger partial charge in [0.2, 0.25) is 0 Å². The number of carbonyl (C=O) groups excluding carboxylic acids is 1. The first-order valence-corrected chi connectivity index (χ1v) is 6.18. The Hall–Kier alpha value is -2.38. The number of hydrogen-bond donors (Lipinski definition) is 0. The minimum atomic E-state index is -4.94. The number of alkyl halides is 3. The Morgan fingerprint density at radius 2 is 2.14 bits per heavy atom. The Morgan fingerprint density at radius 3 is 2.90 bits per heavy atom. The zero-order valence-electron chi connectivity index (χ0n) is 10.7. The molecule has 21 heavy (non-hydrogen) atoms. The van der Waals surface area contributed by atoms with Crippen molar-refractivity contribution in [1.29, 1.82) is 0 Å². The molecule has 8 heteroatoms. The SMILES string of the molecule is O=C(c1cn(CC2COc3ccccc32)nn1)C(F)(F)F. The number of ketones is 1. The minimum absolute atomic E-state index is 0.0308. The number of fused-ring (bicyclic) bond motifs is 1. The molecule has 1 aromatic carbocycles. The Labute approximate surface area is 117 Å². The molecule has 5 nitrogen and oxygen atoms in total. The molecule has 0 radical (unpaired) electrons. The molecule has 1 aromatic heterocycles. The van der Waals surface area contributed by atoms with Crippen LogP contribution >= 0.6 is 0 Å². The van der Waals surface area contributed by atoms with Crippen molar-refractivity contribution in [3.05, 3.63) is 41.7 Å². The molecular weight excluding hydrogens is 287 g/mol. The van der Waals surface area contributed by atoms with Crippen molar-refractivity contribution >= 4 is 5.78 Å². The van der Waals surface area contributed by atoms with Gasteiger partial charge in [-0.25, -0.2) is 0 Å². The van der Waals surface area contributed by atoms with Gasteiger partial charge in [0, 0.05) is 11.5 Å². The summed E-state index contributed by atoms with van der Waals surface area (Å²) < 4.78 is 43.6. The second-order valence-corrected chi connectivity index (χ2v) is 4.70. The topological polar surface area (TPSA) is 57.0 Å². The van der Waals surface area contributed by atoms with Crippen LogP contribution < -0.4 is 4.74 Å². The number of para-hydroxylation sites is 1. The number of carbonyl (C=O) groups is 1. The summed E-state index contributed by atoms with van der Waals surface area (Å²) in [7, 11) is 0. The molecule has 1 atom stereocenters. The molecule has 2 aromatic rings. The number of Topliss-reactive ketones (excluding diaryl/α,β-unsaturated/α-hetero) is 1. The molecular formula is C13H10F3N3O2. The van der Waals surface area contributed by atoms with E-state index in [1.54, 1.807) is 0 Å². The maximum Gasteiger partial charge on any atom is 0.456 e. The van der Waals surface area contributed by atoms with Crippen LogP contribution in [0, 0.1) is 0 Å². The maximum absolute atomic E-state index is 12.3. The Bertz CT molecular complexity index is 681. The largest absolute Gasteiger partial charge is 0.493 e. The fraction of sp³-hybridized carbons (Fsp3) is 0.308. The van der Waals surface area contributed by atoms with E-state index in [1.165, 1.54) is 4.68 Å². The summed E-state index contributed by atoms with van der Waals surface area (Å²) in [6, 6.07) is 7.43. The van der Waals surface area contributed by atoms with Crippen LogP contribution in [-0.4, -0.2) is 33.6 Å². The number of ether oxygens (including phenoxy) is 1. The second-order valence-electron chi connectivity index (χ2n) is 4.70. The number of hydrogen-bond acceptors (Lipinski definition) is 4. The third-order valence-electron chi connectivity index (χ3n) is 3.24. The van der Waals surface area contributed by atoms with Crippen molar-refractivity contribution in [1.82, 2.24) is 15.0 Å². The minimum Gasteiger partial charge on any atom is -0.493 e. The first-order valence-electron chi connectivity index (χ1n) is 6.18. The fourth-order valence-electron chi connectivity index (χ4n) is 2.24. The summed E-state index contributed by atoms with van der Waals surface area (Å²) in [5, 5.41) is 6.86. The van der Waals surface area contributed by atoms with Gasteiger partial charge in [-0.15, -0.1) is 5.10 Å². The highest BCUT2D eigenvalue weighted by Gasteiger charge is 2.41. The van der Waals surface area contributed by atoms with Crippen molar-refractivity contribution < 1.29 is 22.7 Å². The molecule has 0 saturated heterocycles. The molecule has 0 bridgehead atoms. The number of rotatable bonds is 3. The Morgan fingerprint density at radius 1 is 1.38 bits per heavy atom. The van der Waals surface area contributed by atoms with Gasteiger partial charge in [-0.3, -0.25) is 9.48 Å². The van der Waals surface area contributed by atoms with Crippen molar-refractivity contribution in [3.63, 3.8) is 0 Å². The van der Waals surface area contributed by atoms with Crippen LogP contribution in [0.1, 0.15) is 22.0 Å². The maximum atomic E-state index is 12.3. The summed E-state index contributed by atoms with van der Waals surface area (Å²) in [4.78, 5) is 11.0. The third kappa shape index (κ3) is 2.61. The molecule has 1 aliphatic rings. The summed E-state index contributed by atoms with van der Waals surface area (Å²) in [5.41, 5.74) is 0.270. The number of halogens is 3. The molecule has 0 saturated carbocycles. The number of nitrogens with zero attached hydrogens (tertiary/aromatic N) is 3. The van der Waals surface area contributed by atoms with Crippen LogP contribution in [0.25, 0.3) is 0 Å². The second kappa shape index (κ2) is 4.87. The highest BCUT2D eigenvalue weighted by molar-refractivity contribution is 5.98. The predicted molar refractivity (Wildman–Crippen MR) is 65.1 cm³/mol. The fourth-order valence-corrected chi connectivity index (χ4v) is 2.24. The summed E-state index contributed by atoms with van der Waals surface area (Å²) in [6.45, 7) is 0.719. The lowest BCUT2D eigenvalue weighted by molar-refractivity contribution is -0.0888. The standard InChI is InChI=1S/C13H10F3N3O2/c14-13(15,16)12(20)10-6-19(18-17-10)5-8-7-21-11-4-2-1-3-9(8)11/h1-4,6,8H,5,7H2. The lowest BCUT2D eigenvalue weighted by Crippen LogP contribution is -2.23. The molecule has 0 N–H and O–H groups in total. The van der Waals surface area contributed by atoms with Gasteiger partial charge in [-0.1, -0.05) is 23.4 Å². The monoisotopic (exact) mass is 297 g/mol. The van der Waals surface area contributed by atoms with Crippen LogP contribution in [0.15, 0.2) is 30.5 Å². The van der Waals surface area contributed by atoms with Gasteiger partial charge in [-0.2, -0.15) is 13.2 Å². The van der Waals surface area contributed by atoms with Gasteiger partial charge < -0.3 is 4.74 Å². The lowest BCUT2D eigenvalue weighted by Gasteiger charge is -2.07. The first kappa shape index (κ1) is 13.6. The predicted octanol–water partition coefficient (Wildman–Crippen LogP) is 2.20. The molecule has 1 unspecified atom stereocenters. The zero-order chi connectivity index (χ0) is 15.0. The van der Waals surface area contributed by atoms with E-state index < -0.39 is 17.7 Å².